The molecule has 1 heterocycles. The Balaban J connectivity index is 0.00000280. The number of halogens is 3. The molecule has 30 heavy (non-hydrogen) atoms. The van der Waals surface area contributed by atoms with E-state index in [9.17, 15) is 0 Å². The average molecular weight is 476 g/mol. The summed E-state index contributed by atoms with van der Waals surface area (Å²) in [5, 5.41) is 2.69. The van der Waals surface area contributed by atoms with Gasteiger partial charge < -0.3 is 14.7 Å². The van der Waals surface area contributed by atoms with Gasteiger partial charge in [-0.3, -0.25) is 4.99 Å². The molecule has 1 aliphatic heterocycles. The van der Waals surface area contributed by atoms with E-state index >= 15 is 0 Å². The standard InChI is InChI=1S/C23H34N4.3ClH/c1-5-26(6-2)17-10-18-27-21-14-8-12-19-11-7-13-20(22(19)21)23(27)24-15-9-16-25(3)4;;;/h7-8,11-14H,5-6,9-10,15-18H2,1-4H3;3*1H. The van der Waals surface area contributed by atoms with E-state index in [1.165, 1.54) is 27.9 Å². The number of amidine groups is 1. The first-order valence-electron chi connectivity index (χ1n) is 10.4. The summed E-state index contributed by atoms with van der Waals surface area (Å²) in [5.74, 6) is 1.17. The van der Waals surface area contributed by atoms with Crippen LogP contribution in [0.1, 0.15) is 32.3 Å². The van der Waals surface area contributed by atoms with Gasteiger partial charge >= 0.3 is 0 Å². The Bertz CT molecular complexity index is 786. The van der Waals surface area contributed by atoms with Crippen molar-refractivity contribution in [2.24, 2.45) is 4.99 Å². The van der Waals surface area contributed by atoms with Crippen molar-refractivity contribution in [2.45, 2.75) is 26.7 Å². The number of anilines is 1. The van der Waals surface area contributed by atoms with E-state index in [0.29, 0.717) is 0 Å². The Morgan fingerprint density at radius 1 is 0.867 bits per heavy atom. The number of nitrogens with zero attached hydrogens (tertiary/aromatic N) is 4. The maximum absolute atomic E-state index is 5.06. The van der Waals surface area contributed by atoms with Gasteiger partial charge in [-0.2, -0.15) is 0 Å². The van der Waals surface area contributed by atoms with E-state index in [1.54, 1.807) is 0 Å². The zero-order valence-electron chi connectivity index (χ0n) is 18.6. The van der Waals surface area contributed by atoms with Crippen molar-refractivity contribution in [3.63, 3.8) is 0 Å². The quantitative estimate of drug-likeness (QED) is 0.432. The lowest BCUT2D eigenvalue weighted by atomic mass is 10.1. The number of aliphatic imine (C=N–C) groups is 1. The highest BCUT2D eigenvalue weighted by Gasteiger charge is 2.27. The summed E-state index contributed by atoms with van der Waals surface area (Å²) in [7, 11) is 4.25. The average Bonchev–Trinajstić information content (AvgIpc) is 2.97. The van der Waals surface area contributed by atoms with Gasteiger partial charge in [0, 0.05) is 24.0 Å². The van der Waals surface area contributed by atoms with Crippen molar-refractivity contribution in [3.05, 3.63) is 42.0 Å². The summed E-state index contributed by atoms with van der Waals surface area (Å²) >= 11 is 0. The Kier molecular flexibility index (Phi) is 13.6. The fourth-order valence-electron chi connectivity index (χ4n) is 3.95. The second-order valence-corrected chi connectivity index (χ2v) is 7.58. The molecule has 3 rings (SSSR count). The summed E-state index contributed by atoms with van der Waals surface area (Å²) in [6.07, 6.45) is 2.25. The van der Waals surface area contributed by atoms with Crippen LogP contribution < -0.4 is 4.90 Å². The summed E-state index contributed by atoms with van der Waals surface area (Å²) in [5.41, 5.74) is 2.63. The predicted molar refractivity (Wildman–Crippen MR) is 140 cm³/mol. The maximum atomic E-state index is 5.06. The first-order valence-corrected chi connectivity index (χ1v) is 10.4. The molecule has 0 radical (unpaired) electrons. The lowest BCUT2D eigenvalue weighted by molar-refractivity contribution is 0.302. The Labute approximate surface area is 200 Å². The van der Waals surface area contributed by atoms with Crippen molar-refractivity contribution >= 4 is 59.5 Å². The van der Waals surface area contributed by atoms with E-state index in [0.717, 1.165) is 52.1 Å². The van der Waals surface area contributed by atoms with Crippen molar-refractivity contribution in [1.29, 1.82) is 0 Å². The summed E-state index contributed by atoms with van der Waals surface area (Å²) in [6, 6.07) is 13.3. The highest BCUT2D eigenvalue weighted by atomic mass is 35.5. The normalized spacial score (nSPS) is 13.5. The third kappa shape index (κ3) is 6.73. The molecule has 4 nitrogen and oxygen atoms in total. The van der Waals surface area contributed by atoms with Crippen LogP contribution in [0.4, 0.5) is 5.69 Å². The van der Waals surface area contributed by atoms with Crippen LogP contribution in [-0.2, 0) is 0 Å². The molecule has 7 heteroatoms. The zero-order chi connectivity index (χ0) is 19.2. The number of benzene rings is 2. The molecular weight excluding hydrogens is 439 g/mol. The molecule has 1 aliphatic rings. The van der Waals surface area contributed by atoms with Crippen LogP contribution in [0, 0.1) is 0 Å². The number of hydrogen-bond acceptors (Lipinski definition) is 3. The molecular formula is C23H37Cl3N4. The predicted octanol–water partition coefficient (Wildman–Crippen LogP) is 5.36. The minimum Gasteiger partial charge on any atom is -0.326 e. The zero-order valence-corrected chi connectivity index (χ0v) is 21.1. The SMILES string of the molecule is CCN(CC)CCCN1C(=NCCCN(C)C)c2cccc3cccc1c23.Cl.Cl.Cl. The van der Waals surface area contributed by atoms with Crippen molar-refractivity contribution in [2.75, 3.05) is 58.3 Å². The molecule has 0 atom stereocenters. The topological polar surface area (TPSA) is 22.1 Å². The molecule has 0 saturated heterocycles. The third-order valence-corrected chi connectivity index (χ3v) is 5.45. The minimum atomic E-state index is 0. The van der Waals surface area contributed by atoms with Crippen LogP contribution in [-0.4, -0.2) is 69.0 Å². The van der Waals surface area contributed by atoms with Crippen molar-refractivity contribution < 1.29 is 0 Å². The third-order valence-electron chi connectivity index (χ3n) is 5.45. The smallest absolute Gasteiger partial charge is 0.136 e. The molecule has 0 aromatic heterocycles. The molecule has 0 aliphatic carbocycles. The summed E-state index contributed by atoms with van der Waals surface area (Å²) in [4.78, 5) is 12.2. The van der Waals surface area contributed by atoms with Gasteiger partial charge in [0.2, 0.25) is 0 Å². The van der Waals surface area contributed by atoms with Gasteiger partial charge in [0.05, 0.1) is 5.69 Å². The van der Waals surface area contributed by atoms with Crippen LogP contribution in [0.2, 0.25) is 0 Å². The lowest BCUT2D eigenvalue weighted by Gasteiger charge is -2.24. The van der Waals surface area contributed by atoms with E-state index in [2.05, 4.69) is 79.0 Å². The van der Waals surface area contributed by atoms with Gasteiger partial charge in [0.25, 0.3) is 0 Å². The van der Waals surface area contributed by atoms with Crippen LogP contribution in [0.3, 0.4) is 0 Å². The summed E-state index contributed by atoms with van der Waals surface area (Å²) in [6.45, 7) is 10.9. The van der Waals surface area contributed by atoms with Gasteiger partial charge in [-0.15, -0.1) is 37.2 Å². The molecule has 0 bridgehead atoms. The number of rotatable bonds is 10. The second-order valence-electron chi connectivity index (χ2n) is 7.58. The first kappa shape index (κ1) is 29.0. The Morgan fingerprint density at radius 2 is 1.53 bits per heavy atom. The van der Waals surface area contributed by atoms with Crippen molar-refractivity contribution in [3.8, 4) is 0 Å². The monoisotopic (exact) mass is 474 g/mol. The van der Waals surface area contributed by atoms with Crippen LogP contribution in [0.25, 0.3) is 10.8 Å². The largest absolute Gasteiger partial charge is 0.326 e. The van der Waals surface area contributed by atoms with Gasteiger partial charge in [0.1, 0.15) is 5.84 Å². The lowest BCUT2D eigenvalue weighted by Crippen LogP contribution is -2.32. The summed E-state index contributed by atoms with van der Waals surface area (Å²) < 4.78 is 0. The molecule has 0 unspecified atom stereocenters. The van der Waals surface area contributed by atoms with Crippen LogP contribution in [0.5, 0.6) is 0 Å². The second kappa shape index (κ2) is 14.1. The fraction of sp³-hybridized carbons (Fsp3) is 0.522. The minimum absolute atomic E-state index is 0. The van der Waals surface area contributed by atoms with E-state index in [1.807, 2.05) is 0 Å². The number of hydrogen-bond donors (Lipinski definition) is 0. The molecule has 0 saturated carbocycles. The molecule has 170 valence electrons. The fourth-order valence-corrected chi connectivity index (χ4v) is 3.95. The Hall–Kier alpha value is -1.04. The van der Waals surface area contributed by atoms with Crippen LogP contribution >= 0.6 is 37.2 Å². The highest BCUT2D eigenvalue weighted by Crippen LogP contribution is 2.37. The van der Waals surface area contributed by atoms with E-state index in [-0.39, 0.29) is 37.2 Å². The molecule has 0 spiro atoms. The van der Waals surface area contributed by atoms with Gasteiger partial charge in [-0.05, 0) is 64.6 Å². The molecule has 2 aromatic carbocycles. The van der Waals surface area contributed by atoms with Gasteiger partial charge in [-0.1, -0.05) is 44.2 Å². The highest BCUT2D eigenvalue weighted by molar-refractivity contribution is 6.27. The maximum Gasteiger partial charge on any atom is 0.136 e. The molecule has 0 amide bonds. The molecule has 0 N–H and O–H groups in total. The Morgan fingerprint density at radius 3 is 2.17 bits per heavy atom. The molecule has 0 fully saturated rings. The first-order chi connectivity index (χ1) is 13.2. The molecule has 2 aromatic rings. The van der Waals surface area contributed by atoms with Gasteiger partial charge in [-0.25, -0.2) is 0 Å². The van der Waals surface area contributed by atoms with Crippen LogP contribution in [0.15, 0.2) is 41.4 Å². The van der Waals surface area contributed by atoms with Gasteiger partial charge in [0.15, 0.2) is 0 Å². The van der Waals surface area contributed by atoms with E-state index in [4.69, 9.17) is 4.99 Å². The van der Waals surface area contributed by atoms with Crippen molar-refractivity contribution in [1.82, 2.24) is 9.80 Å². The van der Waals surface area contributed by atoms with E-state index < -0.39 is 0 Å².